The highest BCUT2D eigenvalue weighted by Gasteiger charge is 2.17. The largest absolute Gasteiger partial charge is 0.444 e. The molecule has 1 radical (unpaired) electrons. The summed E-state index contributed by atoms with van der Waals surface area (Å²) in [6.07, 6.45) is 4.96. The number of amides is 1. The van der Waals surface area contributed by atoms with E-state index in [1.54, 1.807) is 0 Å². The van der Waals surface area contributed by atoms with Crippen molar-refractivity contribution in [2.45, 2.75) is 71.4 Å². The maximum absolute atomic E-state index is 11.4. The minimum atomic E-state index is -0.433. The first kappa shape index (κ1) is 16.2. The molecule has 0 spiro atoms. The van der Waals surface area contributed by atoms with Gasteiger partial charge in [-0.2, -0.15) is 0 Å². The molecule has 0 rings (SSSR count). The van der Waals surface area contributed by atoms with E-state index in [0.29, 0.717) is 6.54 Å². The molecule has 0 aromatic rings. The molecule has 4 nitrogen and oxygen atoms in total. The van der Waals surface area contributed by atoms with Gasteiger partial charge in [-0.25, -0.2) is 4.79 Å². The molecule has 0 aliphatic carbocycles. The molecule has 0 fully saturated rings. The third kappa shape index (κ3) is 11.5. The maximum atomic E-state index is 11.4. The molecular formula is C13H27N2O2. The van der Waals surface area contributed by atoms with Crippen molar-refractivity contribution in [3.63, 3.8) is 0 Å². The van der Waals surface area contributed by atoms with Crippen LogP contribution in [0.25, 0.3) is 0 Å². The molecule has 4 heteroatoms. The van der Waals surface area contributed by atoms with Gasteiger partial charge in [0.2, 0.25) is 0 Å². The summed E-state index contributed by atoms with van der Waals surface area (Å²) >= 11 is 0. The fraction of sp³-hybridized carbons (Fsp3) is 0.923. The summed E-state index contributed by atoms with van der Waals surface area (Å²) in [6.45, 7) is 8.09. The lowest BCUT2D eigenvalue weighted by Gasteiger charge is -2.21. The van der Waals surface area contributed by atoms with Gasteiger partial charge in [0.15, 0.2) is 0 Å². The summed E-state index contributed by atoms with van der Waals surface area (Å²) in [7, 11) is 0. The van der Waals surface area contributed by atoms with E-state index >= 15 is 0 Å². The van der Waals surface area contributed by atoms with Crippen LogP contribution in [0, 0.1) is 0 Å². The summed E-state index contributed by atoms with van der Waals surface area (Å²) in [5.74, 6) is 0. The third-order valence-corrected chi connectivity index (χ3v) is 2.33. The number of hydrogen-bond acceptors (Lipinski definition) is 2. The second-order valence-corrected chi connectivity index (χ2v) is 5.50. The van der Waals surface area contributed by atoms with Gasteiger partial charge >= 0.3 is 6.09 Å². The number of nitrogens with one attached hydrogen (secondary N) is 2. The number of carbonyl (C=O) groups excluding carboxylic acids is 1. The molecule has 17 heavy (non-hydrogen) atoms. The van der Waals surface area contributed by atoms with Crippen LogP contribution >= 0.6 is 0 Å². The topological polar surface area (TPSA) is 62.1 Å². The Balaban J connectivity index is 3.57. The van der Waals surface area contributed by atoms with Crippen LogP contribution in [0.3, 0.4) is 0 Å². The smallest absolute Gasteiger partial charge is 0.407 e. The lowest BCUT2D eigenvalue weighted by atomic mass is 10.1. The first-order valence-corrected chi connectivity index (χ1v) is 6.49. The Labute approximate surface area is 105 Å². The highest BCUT2D eigenvalue weighted by Crippen LogP contribution is 2.08. The molecule has 1 amide bonds. The van der Waals surface area contributed by atoms with Gasteiger partial charge < -0.3 is 10.1 Å². The normalized spacial score (nSPS) is 13.2. The predicted molar refractivity (Wildman–Crippen MR) is 69.9 cm³/mol. The van der Waals surface area contributed by atoms with Crippen molar-refractivity contribution in [3.05, 3.63) is 0 Å². The molecule has 0 saturated heterocycles. The predicted octanol–water partition coefficient (Wildman–Crippen LogP) is 3.13. The van der Waals surface area contributed by atoms with Gasteiger partial charge in [-0.15, -0.1) is 0 Å². The highest BCUT2D eigenvalue weighted by atomic mass is 16.6. The number of rotatable bonds is 7. The average molecular weight is 243 g/mol. The van der Waals surface area contributed by atoms with E-state index in [1.807, 2.05) is 27.7 Å². The first-order chi connectivity index (χ1) is 7.85. The Kier molecular flexibility index (Phi) is 7.96. The van der Waals surface area contributed by atoms with E-state index in [2.05, 4.69) is 5.32 Å². The van der Waals surface area contributed by atoms with Crippen molar-refractivity contribution in [1.29, 1.82) is 0 Å². The Morgan fingerprint density at radius 2 is 1.82 bits per heavy atom. The zero-order valence-corrected chi connectivity index (χ0v) is 11.6. The van der Waals surface area contributed by atoms with Crippen LogP contribution in [-0.4, -0.2) is 24.3 Å². The van der Waals surface area contributed by atoms with E-state index in [9.17, 15) is 4.79 Å². The molecular weight excluding hydrogens is 216 g/mol. The van der Waals surface area contributed by atoms with E-state index in [-0.39, 0.29) is 12.1 Å². The summed E-state index contributed by atoms with van der Waals surface area (Å²) in [4.78, 5) is 11.4. The lowest BCUT2D eigenvalue weighted by molar-refractivity contribution is 0.0506. The fourth-order valence-corrected chi connectivity index (χ4v) is 1.51. The molecule has 0 aliphatic rings. The lowest BCUT2D eigenvalue weighted by Crippen LogP contribution is -2.37. The molecule has 101 valence electrons. The van der Waals surface area contributed by atoms with E-state index in [0.717, 1.165) is 32.1 Å². The second-order valence-electron chi connectivity index (χ2n) is 5.50. The van der Waals surface area contributed by atoms with E-state index < -0.39 is 5.60 Å². The molecule has 0 heterocycles. The molecule has 0 aliphatic heterocycles. The van der Waals surface area contributed by atoms with Gasteiger partial charge in [0.1, 0.15) is 5.60 Å². The zero-order valence-electron chi connectivity index (χ0n) is 11.6. The Hall–Kier alpha value is -0.770. The quantitative estimate of drug-likeness (QED) is 0.698. The number of unbranched alkanes of at least 4 members (excludes halogenated alkanes) is 3. The second kappa shape index (κ2) is 8.34. The third-order valence-electron chi connectivity index (χ3n) is 2.33. The molecule has 2 N–H and O–H groups in total. The minimum Gasteiger partial charge on any atom is -0.444 e. The van der Waals surface area contributed by atoms with Crippen LogP contribution < -0.4 is 11.1 Å². The average Bonchev–Trinajstić information content (AvgIpc) is 2.14. The Morgan fingerprint density at radius 3 is 2.35 bits per heavy atom. The monoisotopic (exact) mass is 243 g/mol. The van der Waals surface area contributed by atoms with Crippen molar-refractivity contribution in [1.82, 2.24) is 11.1 Å². The highest BCUT2D eigenvalue weighted by molar-refractivity contribution is 5.67. The van der Waals surface area contributed by atoms with Crippen LogP contribution in [0.5, 0.6) is 0 Å². The van der Waals surface area contributed by atoms with Crippen LogP contribution in [0.2, 0.25) is 0 Å². The van der Waals surface area contributed by atoms with Crippen LogP contribution in [0.4, 0.5) is 4.79 Å². The van der Waals surface area contributed by atoms with Gasteiger partial charge in [0.25, 0.3) is 0 Å². The summed E-state index contributed by atoms with van der Waals surface area (Å²) in [5.41, 5.74) is 6.59. The molecule has 0 aromatic carbocycles. The minimum absolute atomic E-state index is 0.154. The fourth-order valence-electron chi connectivity index (χ4n) is 1.51. The standard InChI is InChI=1S/C13H27N2O2/c1-11(9-7-5-6-8-10-14)15-12(16)17-13(2,3)4/h11,14H,5-10H2,1-4H3,(H,15,16). The van der Waals surface area contributed by atoms with Gasteiger partial charge in [-0.1, -0.05) is 19.3 Å². The molecule has 0 saturated carbocycles. The SMILES string of the molecule is CC(CCCCCC[NH])NC(=O)OC(C)(C)C. The summed E-state index contributed by atoms with van der Waals surface area (Å²) < 4.78 is 5.18. The van der Waals surface area contributed by atoms with Crippen molar-refractivity contribution in [3.8, 4) is 0 Å². The molecule has 0 aromatic heterocycles. The molecule has 1 atom stereocenters. The first-order valence-electron chi connectivity index (χ1n) is 6.49. The number of carbonyl (C=O) groups is 1. The molecule has 1 unspecified atom stereocenters. The Bertz CT molecular complexity index is 212. The van der Waals surface area contributed by atoms with Crippen LogP contribution in [0.15, 0.2) is 0 Å². The summed E-state index contributed by atoms with van der Waals surface area (Å²) in [5, 5.41) is 2.83. The van der Waals surface area contributed by atoms with Crippen molar-refractivity contribution >= 4 is 6.09 Å². The summed E-state index contributed by atoms with van der Waals surface area (Å²) in [6, 6.07) is 0.154. The van der Waals surface area contributed by atoms with E-state index in [1.165, 1.54) is 0 Å². The van der Waals surface area contributed by atoms with E-state index in [4.69, 9.17) is 10.5 Å². The number of alkyl carbamates (subject to hydrolysis) is 1. The number of hydrogen-bond donors (Lipinski definition) is 1. The van der Waals surface area contributed by atoms with Crippen molar-refractivity contribution in [2.75, 3.05) is 6.54 Å². The Morgan fingerprint density at radius 1 is 1.24 bits per heavy atom. The van der Waals surface area contributed by atoms with Crippen LogP contribution in [0.1, 0.15) is 59.8 Å². The van der Waals surface area contributed by atoms with Gasteiger partial charge in [0, 0.05) is 12.6 Å². The van der Waals surface area contributed by atoms with Gasteiger partial charge in [-0.05, 0) is 40.5 Å². The zero-order chi connectivity index (χ0) is 13.3. The number of ether oxygens (including phenoxy) is 1. The van der Waals surface area contributed by atoms with Crippen LogP contribution in [-0.2, 0) is 4.74 Å². The van der Waals surface area contributed by atoms with Gasteiger partial charge in [0.05, 0.1) is 0 Å². The maximum Gasteiger partial charge on any atom is 0.407 e. The van der Waals surface area contributed by atoms with Crippen molar-refractivity contribution < 1.29 is 9.53 Å². The van der Waals surface area contributed by atoms with Gasteiger partial charge in [-0.3, -0.25) is 5.73 Å². The van der Waals surface area contributed by atoms with Crippen molar-refractivity contribution in [2.24, 2.45) is 0 Å². The molecule has 0 bridgehead atoms.